The zero-order chi connectivity index (χ0) is 23.7. The molecule has 0 saturated heterocycles. The number of nitrogens with one attached hydrogen (secondary N) is 1. The van der Waals surface area contributed by atoms with Crippen molar-refractivity contribution in [2.75, 3.05) is 18.2 Å². The maximum absolute atomic E-state index is 13.8. The molecule has 2 aromatic heterocycles. The Kier molecular flexibility index (Phi) is 6.43. The summed E-state index contributed by atoms with van der Waals surface area (Å²) < 4.78 is 6.92. The van der Waals surface area contributed by atoms with Gasteiger partial charge in [-0.25, -0.2) is 4.98 Å². The van der Waals surface area contributed by atoms with Crippen molar-refractivity contribution in [2.45, 2.75) is 31.3 Å². The Morgan fingerprint density at radius 3 is 2.71 bits per heavy atom. The number of aryl methyl sites for hydroxylation is 1. The van der Waals surface area contributed by atoms with E-state index in [0.717, 1.165) is 40.7 Å². The van der Waals surface area contributed by atoms with Gasteiger partial charge in [-0.3, -0.25) is 14.2 Å². The van der Waals surface area contributed by atoms with Gasteiger partial charge in [0.25, 0.3) is 5.56 Å². The minimum atomic E-state index is -0.147. The number of carbonyl (C=O) groups excluding carboxylic acids is 1. The number of amides is 1. The second kappa shape index (κ2) is 9.64. The molecule has 2 heterocycles. The third-order valence-electron chi connectivity index (χ3n) is 6.02. The minimum absolute atomic E-state index is 0.0758. The van der Waals surface area contributed by atoms with Gasteiger partial charge in [-0.1, -0.05) is 36.9 Å². The number of para-hydroxylation sites is 1. The lowest BCUT2D eigenvalue weighted by atomic mass is 9.89. The number of fused-ring (bicyclic) bond motifs is 3. The van der Waals surface area contributed by atoms with E-state index in [2.05, 4.69) is 12.2 Å². The van der Waals surface area contributed by atoms with Crippen LogP contribution in [-0.2, 0) is 17.6 Å². The highest BCUT2D eigenvalue weighted by Crippen LogP contribution is 2.37. The fourth-order valence-corrected chi connectivity index (χ4v) is 6.51. The van der Waals surface area contributed by atoms with E-state index in [9.17, 15) is 9.59 Å². The Morgan fingerprint density at radius 1 is 1.21 bits per heavy atom. The molecule has 1 amide bonds. The average molecular weight is 492 g/mol. The van der Waals surface area contributed by atoms with Crippen molar-refractivity contribution < 1.29 is 9.53 Å². The molecule has 5 rings (SSSR count). The SMILES string of the molecule is COc1ccc(-n2c(SCC(=O)Nc3ccccc3)nc3sc4c(c3c2=O)CCC(C)C4)cc1. The molecule has 0 spiro atoms. The van der Waals surface area contributed by atoms with Crippen LogP contribution in [0.3, 0.4) is 0 Å². The predicted molar refractivity (Wildman–Crippen MR) is 139 cm³/mol. The van der Waals surface area contributed by atoms with Crippen LogP contribution in [0.25, 0.3) is 15.9 Å². The van der Waals surface area contributed by atoms with E-state index in [4.69, 9.17) is 9.72 Å². The molecule has 8 heteroatoms. The molecule has 4 aromatic rings. The summed E-state index contributed by atoms with van der Waals surface area (Å²) in [5, 5.41) is 4.13. The number of hydrogen-bond donors (Lipinski definition) is 1. The van der Waals surface area contributed by atoms with Crippen molar-refractivity contribution in [3.8, 4) is 11.4 Å². The van der Waals surface area contributed by atoms with Crippen molar-refractivity contribution in [3.63, 3.8) is 0 Å². The van der Waals surface area contributed by atoms with E-state index < -0.39 is 0 Å². The average Bonchev–Trinajstić information content (AvgIpc) is 3.21. The molecule has 1 unspecified atom stereocenters. The van der Waals surface area contributed by atoms with Gasteiger partial charge in [0.1, 0.15) is 10.6 Å². The number of nitrogens with zero attached hydrogens (tertiary/aromatic N) is 2. The number of anilines is 1. The third kappa shape index (κ3) is 4.48. The van der Waals surface area contributed by atoms with E-state index in [-0.39, 0.29) is 17.2 Å². The number of hydrogen-bond acceptors (Lipinski definition) is 6. The van der Waals surface area contributed by atoms with Crippen molar-refractivity contribution in [3.05, 3.63) is 75.4 Å². The van der Waals surface area contributed by atoms with Gasteiger partial charge in [0.2, 0.25) is 5.91 Å². The van der Waals surface area contributed by atoms with Crippen molar-refractivity contribution in [1.29, 1.82) is 0 Å². The lowest BCUT2D eigenvalue weighted by Crippen LogP contribution is -2.23. The third-order valence-corrected chi connectivity index (χ3v) is 8.11. The molecule has 174 valence electrons. The minimum Gasteiger partial charge on any atom is -0.497 e. The van der Waals surface area contributed by atoms with Crippen molar-refractivity contribution >= 4 is 44.9 Å². The lowest BCUT2D eigenvalue weighted by Gasteiger charge is -2.18. The van der Waals surface area contributed by atoms with Gasteiger partial charge in [0, 0.05) is 10.6 Å². The Hall–Kier alpha value is -3.10. The fourth-order valence-electron chi connectivity index (χ4n) is 4.28. The Balaban J connectivity index is 1.54. The van der Waals surface area contributed by atoms with Crippen molar-refractivity contribution in [2.24, 2.45) is 5.92 Å². The molecule has 1 N–H and O–H groups in total. The van der Waals surface area contributed by atoms with Crippen LogP contribution in [0.4, 0.5) is 5.69 Å². The molecule has 0 saturated carbocycles. The molecule has 0 radical (unpaired) electrons. The molecule has 1 aliphatic carbocycles. The van der Waals surface area contributed by atoms with Crippen LogP contribution in [0, 0.1) is 5.92 Å². The monoisotopic (exact) mass is 491 g/mol. The number of aromatic nitrogens is 2. The van der Waals surface area contributed by atoms with E-state index in [1.807, 2.05) is 54.6 Å². The summed E-state index contributed by atoms with van der Waals surface area (Å²) in [5.41, 5.74) is 2.52. The fraction of sp³-hybridized carbons (Fsp3) is 0.269. The number of thioether (sulfide) groups is 1. The van der Waals surface area contributed by atoms with E-state index in [0.29, 0.717) is 22.5 Å². The van der Waals surface area contributed by atoms with Crippen LogP contribution < -0.4 is 15.6 Å². The first-order valence-corrected chi connectivity index (χ1v) is 13.0. The quantitative estimate of drug-likeness (QED) is 0.292. The van der Waals surface area contributed by atoms with Gasteiger partial charge in [0.05, 0.1) is 23.9 Å². The van der Waals surface area contributed by atoms with Crippen LogP contribution in [0.5, 0.6) is 5.75 Å². The summed E-state index contributed by atoms with van der Waals surface area (Å²) in [5.74, 6) is 1.32. The second-order valence-electron chi connectivity index (χ2n) is 8.47. The topological polar surface area (TPSA) is 73.2 Å². The van der Waals surface area contributed by atoms with E-state index in [1.165, 1.54) is 16.6 Å². The van der Waals surface area contributed by atoms with Gasteiger partial charge >= 0.3 is 0 Å². The largest absolute Gasteiger partial charge is 0.497 e. The van der Waals surface area contributed by atoms with Gasteiger partial charge in [-0.15, -0.1) is 11.3 Å². The highest BCUT2D eigenvalue weighted by molar-refractivity contribution is 7.99. The highest BCUT2D eigenvalue weighted by atomic mass is 32.2. The zero-order valence-corrected chi connectivity index (χ0v) is 20.7. The van der Waals surface area contributed by atoms with E-state index in [1.54, 1.807) is 23.0 Å². The molecule has 0 aliphatic heterocycles. The highest BCUT2D eigenvalue weighted by Gasteiger charge is 2.25. The Labute approximate surface area is 206 Å². The molecule has 0 bridgehead atoms. The Bertz CT molecular complexity index is 1400. The molecule has 1 aliphatic rings. The molecule has 2 aromatic carbocycles. The summed E-state index contributed by atoms with van der Waals surface area (Å²) in [7, 11) is 1.61. The first kappa shape index (κ1) is 22.7. The Morgan fingerprint density at radius 2 is 1.97 bits per heavy atom. The summed E-state index contributed by atoms with van der Waals surface area (Å²) in [6, 6.07) is 16.7. The maximum atomic E-state index is 13.8. The number of benzene rings is 2. The van der Waals surface area contributed by atoms with Crippen molar-refractivity contribution in [1.82, 2.24) is 9.55 Å². The number of methoxy groups -OCH3 is 1. The van der Waals surface area contributed by atoms with Gasteiger partial charge in [0.15, 0.2) is 5.16 Å². The number of rotatable bonds is 6. The van der Waals surface area contributed by atoms with Gasteiger partial charge in [-0.05, 0) is 67.1 Å². The smallest absolute Gasteiger partial charge is 0.267 e. The first-order valence-electron chi connectivity index (χ1n) is 11.2. The van der Waals surface area contributed by atoms with E-state index >= 15 is 0 Å². The molecular weight excluding hydrogens is 466 g/mol. The van der Waals surface area contributed by atoms with Crippen LogP contribution in [0.2, 0.25) is 0 Å². The summed E-state index contributed by atoms with van der Waals surface area (Å²) in [4.78, 5) is 33.4. The van der Waals surface area contributed by atoms with Crippen LogP contribution in [-0.4, -0.2) is 28.3 Å². The first-order chi connectivity index (χ1) is 16.5. The van der Waals surface area contributed by atoms with Crippen LogP contribution in [0.15, 0.2) is 64.5 Å². The lowest BCUT2D eigenvalue weighted by molar-refractivity contribution is -0.113. The summed E-state index contributed by atoms with van der Waals surface area (Å²) in [6.45, 7) is 2.25. The molecule has 1 atom stereocenters. The standard InChI is InChI=1S/C26H25N3O3S2/c1-16-8-13-20-21(14-16)34-24-23(20)25(31)29(18-9-11-19(32-2)12-10-18)26(28-24)33-15-22(30)27-17-6-4-3-5-7-17/h3-7,9-12,16H,8,13-15H2,1-2H3,(H,27,30). The maximum Gasteiger partial charge on any atom is 0.267 e. The normalized spacial score (nSPS) is 15.2. The number of thiophene rings is 1. The molecule has 0 fully saturated rings. The summed E-state index contributed by atoms with van der Waals surface area (Å²) >= 11 is 2.89. The molecular formula is C26H25N3O3S2. The summed E-state index contributed by atoms with van der Waals surface area (Å²) in [6.07, 6.45) is 2.97. The molecule has 6 nitrogen and oxygen atoms in total. The number of carbonyl (C=O) groups is 1. The second-order valence-corrected chi connectivity index (χ2v) is 10.5. The van der Waals surface area contributed by atoms with Gasteiger partial charge < -0.3 is 10.1 Å². The molecule has 34 heavy (non-hydrogen) atoms. The number of ether oxygens (including phenoxy) is 1. The zero-order valence-electron chi connectivity index (χ0n) is 19.0. The predicted octanol–water partition coefficient (Wildman–Crippen LogP) is 5.31. The van der Waals surface area contributed by atoms with Crippen LogP contribution in [0.1, 0.15) is 23.8 Å². The van der Waals surface area contributed by atoms with Crippen LogP contribution >= 0.6 is 23.1 Å². The van der Waals surface area contributed by atoms with Gasteiger partial charge in [-0.2, -0.15) is 0 Å².